The Hall–Kier alpha value is -1.84. The van der Waals surface area contributed by atoms with Crippen LogP contribution in [-0.4, -0.2) is 18.5 Å². The number of benzene rings is 1. The molecule has 0 saturated carbocycles. The number of nitrogens with one attached hydrogen (secondary N) is 1. The monoisotopic (exact) mass is 246 g/mol. The van der Waals surface area contributed by atoms with Crippen molar-refractivity contribution >= 4 is 17.6 Å². The summed E-state index contributed by atoms with van der Waals surface area (Å²) in [4.78, 5) is 25.4. The summed E-state index contributed by atoms with van der Waals surface area (Å²) in [6.45, 7) is 4.55. The van der Waals surface area contributed by atoms with Gasteiger partial charge in [0.15, 0.2) is 0 Å². The maximum atomic E-state index is 12.2. The first-order valence-electron chi connectivity index (χ1n) is 6.29. The lowest BCUT2D eigenvalue weighted by atomic mass is 10.0. The highest BCUT2D eigenvalue weighted by Gasteiger charge is 2.29. The molecule has 1 saturated heterocycles. The first kappa shape index (κ1) is 12.6. The van der Waals surface area contributed by atoms with Gasteiger partial charge < -0.3 is 5.32 Å². The fraction of sp³-hybridized carbons (Fsp3) is 0.429. The van der Waals surface area contributed by atoms with E-state index >= 15 is 0 Å². The molecule has 4 nitrogen and oxygen atoms in total. The first-order chi connectivity index (χ1) is 8.61. The molecule has 0 spiro atoms. The molecule has 1 fully saturated rings. The van der Waals surface area contributed by atoms with Gasteiger partial charge >= 0.3 is 6.03 Å². The van der Waals surface area contributed by atoms with E-state index in [-0.39, 0.29) is 17.9 Å². The van der Waals surface area contributed by atoms with E-state index in [9.17, 15) is 9.59 Å². The minimum absolute atomic E-state index is 0.123. The largest absolute Gasteiger partial charge is 0.337 e. The van der Waals surface area contributed by atoms with E-state index in [2.05, 4.69) is 5.32 Å². The van der Waals surface area contributed by atoms with Crippen LogP contribution >= 0.6 is 0 Å². The summed E-state index contributed by atoms with van der Waals surface area (Å²) < 4.78 is 0. The van der Waals surface area contributed by atoms with Gasteiger partial charge in [-0.05, 0) is 30.5 Å². The number of carbonyl (C=O) groups excluding carboxylic acids is 2. The van der Waals surface area contributed by atoms with Crippen molar-refractivity contribution in [2.24, 2.45) is 5.92 Å². The molecule has 96 valence electrons. The van der Waals surface area contributed by atoms with Crippen molar-refractivity contribution in [2.45, 2.75) is 26.7 Å². The quantitative estimate of drug-likeness (QED) is 0.871. The maximum Gasteiger partial charge on any atom is 0.328 e. The van der Waals surface area contributed by atoms with E-state index in [1.807, 2.05) is 32.0 Å². The molecule has 1 aromatic carbocycles. The van der Waals surface area contributed by atoms with E-state index in [0.717, 1.165) is 12.0 Å². The van der Waals surface area contributed by atoms with E-state index in [1.165, 1.54) is 4.90 Å². The molecule has 1 aromatic rings. The van der Waals surface area contributed by atoms with Crippen LogP contribution < -0.4 is 10.2 Å². The second kappa shape index (κ2) is 5.21. The fourth-order valence-corrected chi connectivity index (χ4v) is 2.15. The maximum absolute atomic E-state index is 12.2. The minimum atomic E-state index is -0.318. The van der Waals surface area contributed by atoms with Crippen LogP contribution in [0.3, 0.4) is 0 Å². The normalized spacial score (nSPS) is 20.6. The Morgan fingerprint density at radius 2 is 2.17 bits per heavy atom. The summed E-state index contributed by atoms with van der Waals surface area (Å²) in [5, 5.41) is 2.81. The standard InChI is InChI=1S/C14H18N2O2/c1-3-11-8-13(17)16(14(18)15-9-11)12-6-4-5-10(2)7-12/h4-7,11H,3,8-9H2,1-2H3,(H,15,18). The number of amides is 3. The third kappa shape index (κ3) is 2.53. The average molecular weight is 246 g/mol. The van der Waals surface area contributed by atoms with Crippen molar-refractivity contribution in [3.05, 3.63) is 29.8 Å². The van der Waals surface area contributed by atoms with Gasteiger partial charge in [-0.2, -0.15) is 0 Å². The van der Waals surface area contributed by atoms with Crippen LogP contribution in [-0.2, 0) is 4.79 Å². The second-order valence-corrected chi connectivity index (χ2v) is 4.73. The molecule has 2 rings (SSSR count). The van der Waals surface area contributed by atoms with Crippen molar-refractivity contribution in [1.82, 2.24) is 5.32 Å². The number of aryl methyl sites for hydroxylation is 1. The SMILES string of the molecule is CCC1CNC(=O)N(c2cccc(C)c2)C(=O)C1. The lowest BCUT2D eigenvalue weighted by molar-refractivity contribution is -0.118. The molecule has 1 unspecified atom stereocenters. The number of hydrogen-bond donors (Lipinski definition) is 1. The molecular weight excluding hydrogens is 228 g/mol. The minimum Gasteiger partial charge on any atom is -0.337 e. The molecule has 0 aromatic heterocycles. The number of anilines is 1. The number of hydrogen-bond acceptors (Lipinski definition) is 2. The zero-order valence-corrected chi connectivity index (χ0v) is 10.8. The van der Waals surface area contributed by atoms with Crippen LogP contribution in [0.4, 0.5) is 10.5 Å². The van der Waals surface area contributed by atoms with Crippen LogP contribution in [0.1, 0.15) is 25.3 Å². The molecule has 1 heterocycles. The van der Waals surface area contributed by atoms with E-state index in [4.69, 9.17) is 0 Å². The molecule has 0 aliphatic carbocycles. The predicted octanol–water partition coefficient (Wildman–Crippen LogP) is 2.47. The van der Waals surface area contributed by atoms with E-state index < -0.39 is 0 Å². The molecule has 18 heavy (non-hydrogen) atoms. The molecule has 3 amide bonds. The van der Waals surface area contributed by atoms with Crippen molar-refractivity contribution in [2.75, 3.05) is 11.4 Å². The molecule has 0 bridgehead atoms. The zero-order valence-electron chi connectivity index (χ0n) is 10.8. The second-order valence-electron chi connectivity index (χ2n) is 4.73. The Morgan fingerprint density at radius 1 is 1.39 bits per heavy atom. The summed E-state index contributed by atoms with van der Waals surface area (Å²) in [5.41, 5.74) is 1.68. The Kier molecular flexibility index (Phi) is 3.65. The highest BCUT2D eigenvalue weighted by Crippen LogP contribution is 2.21. The lowest BCUT2D eigenvalue weighted by Gasteiger charge is -2.18. The molecule has 1 atom stereocenters. The molecule has 1 aliphatic heterocycles. The molecule has 1 aliphatic rings. The van der Waals surface area contributed by atoms with Crippen molar-refractivity contribution in [3.8, 4) is 0 Å². The Morgan fingerprint density at radius 3 is 2.83 bits per heavy atom. The summed E-state index contributed by atoms with van der Waals surface area (Å²) in [6.07, 6.45) is 1.32. The van der Waals surface area contributed by atoms with Gasteiger partial charge in [-0.25, -0.2) is 9.69 Å². The summed E-state index contributed by atoms with van der Waals surface area (Å²) in [7, 11) is 0. The number of carbonyl (C=O) groups is 2. The van der Waals surface area contributed by atoms with Gasteiger partial charge in [-0.1, -0.05) is 25.5 Å². The summed E-state index contributed by atoms with van der Waals surface area (Å²) in [6, 6.07) is 7.12. The van der Waals surface area contributed by atoms with Crippen LogP contribution in [0.5, 0.6) is 0 Å². The van der Waals surface area contributed by atoms with Crippen molar-refractivity contribution in [3.63, 3.8) is 0 Å². The smallest absolute Gasteiger partial charge is 0.328 e. The van der Waals surface area contributed by atoms with Gasteiger partial charge in [0, 0.05) is 13.0 Å². The number of urea groups is 1. The average Bonchev–Trinajstić information content (AvgIpc) is 2.48. The highest BCUT2D eigenvalue weighted by molar-refractivity contribution is 6.14. The van der Waals surface area contributed by atoms with Gasteiger partial charge in [0.2, 0.25) is 5.91 Å². The molecule has 0 radical (unpaired) electrons. The molecule has 4 heteroatoms. The van der Waals surface area contributed by atoms with Crippen LogP contribution in [0.15, 0.2) is 24.3 Å². The topological polar surface area (TPSA) is 49.4 Å². The zero-order chi connectivity index (χ0) is 13.1. The third-order valence-corrected chi connectivity index (χ3v) is 3.29. The Labute approximate surface area is 107 Å². The number of nitrogens with zero attached hydrogens (tertiary/aromatic N) is 1. The van der Waals surface area contributed by atoms with Crippen LogP contribution in [0.2, 0.25) is 0 Å². The number of imide groups is 1. The first-order valence-corrected chi connectivity index (χ1v) is 6.29. The summed E-state index contributed by atoms with van der Waals surface area (Å²) in [5.74, 6) is 0.110. The Balaban J connectivity index is 2.30. The van der Waals surface area contributed by atoms with Gasteiger partial charge in [0.05, 0.1) is 5.69 Å². The Bertz CT molecular complexity index is 471. The highest BCUT2D eigenvalue weighted by atomic mass is 16.2. The predicted molar refractivity (Wildman–Crippen MR) is 70.5 cm³/mol. The van der Waals surface area contributed by atoms with Crippen molar-refractivity contribution < 1.29 is 9.59 Å². The fourth-order valence-electron chi connectivity index (χ4n) is 2.15. The molecule has 1 N–H and O–H groups in total. The van der Waals surface area contributed by atoms with Gasteiger partial charge in [0.1, 0.15) is 0 Å². The van der Waals surface area contributed by atoms with Crippen LogP contribution in [0.25, 0.3) is 0 Å². The summed E-state index contributed by atoms with van der Waals surface area (Å²) >= 11 is 0. The lowest BCUT2D eigenvalue weighted by Crippen LogP contribution is -2.41. The number of rotatable bonds is 2. The van der Waals surface area contributed by atoms with Gasteiger partial charge in [-0.15, -0.1) is 0 Å². The van der Waals surface area contributed by atoms with Gasteiger partial charge in [-0.3, -0.25) is 4.79 Å². The third-order valence-electron chi connectivity index (χ3n) is 3.29. The molecular formula is C14H18N2O2. The van der Waals surface area contributed by atoms with E-state index in [1.54, 1.807) is 6.07 Å². The van der Waals surface area contributed by atoms with E-state index in [0.29, 0.717) is 18.7 Å². The van der Waals surface area contributed by atoms with Crippen LogP contribution in [0, 0.1) is 12.8 Å². The van der Waals surface area contributed by atoms with Crippen molar-refractivity contribution in [1.29, 1.82) is 0 Å². The van der Waals surface area contributed by atoms with Gasteiger partial charge in [0.25, 0.3) is 0 Å².